The van der Waals surface area contributed by atoms with E-state index in [1.54, 1.807) is 24.9 Å². The van der Waals surface area contributed by atoms with Gasteiger partial charge in [-0.05, 0) is 24.6 Å². The molecule has 0 aromatic carbocycles. The second-order valence-electron chi connectivity index (χ2n) is 5.24. The molecule has 0 atom stereocenters. The number of dihydropyridines is 1. The molecule has 2 aromatic heterocycles. The predicted octanol–water partition coefficient (Wildman–Crippen LogP) is 2.07. The van der Waals surface area contributed by atoms with Crippen LogP contribution in [0.15, 0.2) is 48.8 Å². The Morgan fingerprint density at radius 1 is 1.33 bits per heavy atom. The maximum atomic E-state index is 9.55. The van der Waals surface area contributed by atoms with Gasteiger partial charge in [0.1, 0.15) is 11.6 Å². The maximum absolute atomic E-state index is 9.55. The molecule has 0 radical (unpaired) electrons. The number of H-pyrrole nitrogens is 1. The fraction of sp³-hybridized carbons (Fsp3) is 0.176. The van der Waals surface area contributed by atoms with Crippen LogP contribution in [-0.4, -0.2) is 26.5 Å². The summed E-state index contributed by atoms with van der Waals surface area (Å²) < 4.78 is 0. The molecule has 0 spiro atoms. The number of allylic oxidation sites excluding steroid dienone is 4. The van der Waals surface area contributed by atoms with Crippen molar-refractivity contribution in [1.29, 1.82) is 5.26 Å². The van der Waals surface area contributed by atoms with Crippen LogP contribution >= 0.6 is 0 Å². The van der Waals surface area contributed by atoms with E-state index in [9.17, 15) is 5.26 Å². The van der Waals surface area contributed by atoms with E-state index < -0.39 is 0 Å². The number of nitriles is 1. The highest BCUT2D eigenvalue weighted by atomic mass is 15.1. The number of imidazole rings is 1. The molecule has 3 N–H and O–H groups in total. The quantitative estimate of drug-likeness (QED) is 0.729. The van der Waals surface area contributed by atoms with E-state index in [0.717, 1.165) is 23.4 Å². The molecule has 3 rings (SSSR count). The zero-order chi connectivity index (χ0) is 16.8. The molecule has 7 nitrogen and oxygen atoms in total. The number of nitrogens with zero attached hydrogens (tertiary/aromatic N) is 4. The summed E-state index contributed by atoms with van der Waals surface area (Å²) >= 11 is 0. The van der Waals surface area contributed by atoms with Crippen molar-refractivity contribution >= 4 is 11.5 Å². The van der Waals surface area contributed by atoms with Crippen LogP contribution in [0.2, 0.25) is 0 Å². The van der Waals surface area contributed by atoms with Gasteiger partial charge in [-0.3, -0.25) is 0 Å². The molecule has 0 fully saturated rings. The third-order valence-electron chi connectivity index (χ3n) is 3.53. The third-order valence-corrected chi connectivity index (χ3v) is 3.53. The van der Waals surface area contributed by atoms with Crippen LogP contribution in [0.5, 0.6) is 0 Å². The Morgan fingerprint density at radius 3 is 2.96 bits per heavy atom. The largest absolute Gasteiger partial charge is 0.361 e. The molecule has 0 bridgehead atoms. The standard InChI is InChI=1S/C17H17N7/c1-12-9-22-17(21-7-5-13-10-19-11-23-13)24-16(12)14(8-18)15-4-2-3-6-20-15/h2-4,6,9-11,20H,5,7H2,1H3,(H,19,23)(H,21,22,24)/b15-14-. The average molecular weight is 319 g/mol. The first-order chi connectivity index (χ1) is 11.8. The molecule has 2 aromatic rings. The van der Waals surface area contributed by atoms with Gasteiger partial charge < -0.3 is 15.6 Å². The second kappa shape index (κ2) is 7.24. The van der Waals surface area contributed by atoms with Crippen LogP contribution in [0.1, 0.15) is 17.0 Å². The molecule has 24 heavy (non-hydrogen) atoms. The number of hydrogen-bond donors (Lipinski definition) is 3. The first kappa shape index (κ1) is 15.5. The summed E-state index contributed by atoms with van der Waals surface area (Å²) in [6.45, 7) is 2.56. The Balaban J connectivity index is 1.79. The second-order valence-corrected chi connectivity index (χ2v) is 5.24. The van der Waals surface area contributed by atoms with E-state index in [-0.39, 0.29) is 0 Å². The summed E-state index contributed by atoms with van der Waals surface area (Å²) in [6, 6.07) is 2.24. The number of aromatic amines is 1. The van der Waals surface area contributed by atoms with Crippen LogP contribution < -0.4 is 10.6 Å². The van der Waals surface area contributed by atoms with Crippen LogP contribution in [0.3, 0.4) is 0 Å². The molecule has 3 heterocycles. The van der Waals surface area contributed by atoms with E-state index in [4.69, 9.17) is 0 Å². The van der Waals surface area contributed by atoms with Gasteiger partial charge in [-0.25, -0.2) is 15.0 Å². The molecular formula is C17H17N7. The molecule has 0 amide bonds. The lowest BCUT2D eigenvalue weighted by molar-refractivity contribution is 0.947. The van der Waals surface area contributed by atoms with E-state index in [2.05, 4.69) is 36.6 Å². The van der Waals surface area contributed by atoms with Crippen molar-refractivity contribution in [1.82, 2.24) is 25.3 Å². The van der Waals surface area contributed by atoms with Crippen molar-refractivity contribution in [3.63, 3.8) is 0 Å². The van der Waals surface area contributed by atoms with Gasteiger partial charge in [0.05, 0.1) is 17.7 Å². The van der Waals surface area contributed by atoms with E-state index in [1.807, 2.05) is 25.2 Å². The fourth-order valence-electron chi connectivity index (χ4n) is 2.30. The van der Waals surface area contributed by atoms with Crippen LogP contribution in [-0.2, 0) is 6.42 Å². The molecule has 1 aliphatic heterocycles. The lowest BCUT2D eigenvalue weighted by Crippen LogP contribution is -2.12. The van der Waals surface area contributed by atoms with E-state index in [0.29, 0.717) is 23.8 Å². The van der Waals surface area contributed by atoms with Gasteiger partial charge in [0.25, 0.3) is 0 Å². The Kier molecular flexibility index (Phi) is 4.68. The van der Waals surface area contributed by atoms with Crippen molar-refractivity contribution in [3.05, 3.63) is 65.8 Å². The first-order valence-corrected chi connectivity index (χ1v) is 7.57. The van der Waals surface area contributed by atoms with Crippen LogP contribution in [0.25, 0.3) is 5.57 Å². The number of hydrogen-bond acceptors (Lipinski definition) is 6. The van der Waals surface area contributed by atoms with E-state index in [1.165, 1.54) is 0 Å². The zero-order valence-electron chi connectivity index (χ0n) is 13.2. The molecule has 1 aliphatic rings. The van der Waals surface area contributed by atoms with Crippen molar-refractivity contribution in [2.24, 2.45) is 0 Å². The van der Waals surface area contributed by atoms with Gasteiger partial charge in [-0.1, -0.05) is 6.08 Å². The number of aromatic nitrogens is 4. The van der Waals surface area contributed by atoms with Crippen molar-refractivity contribution in [2.75, 3.05) is 11.9 Å². The number of nitrogens with one attached hydrogen (secondary N) is 3. The summed E-state index contributed by atoms with van der Waals surface area (Å²) in [5, 5.41) is 15.8. The minimum absolute atomic E-state index is 0.493. The summed E-state index contributed by atoms with van der Waals surface area (Å²) in [4.78, 5) is 15.8. The van der Waals surface area contributed by atoms with Gasteiger partial charge in [0.2, 0.25) is 5.95 Å². The smallest absolute Gasteiger partial charge is 0.223 e. The number of aryl methyl sites for hydroxylation is 1. The van der Waals surface area contributed by atoms with Crippen molar-refractivity contribution in [3.8, 4) is 6.07 Å². The summed E-state index contributed by atoms with van der Waals surface area (Å²) in [5.41, 5.74) is 3.73. The highest BCUT2D eigenvalue weighted by Crippen LogP contribution is 2.21. The van der Waals surface area contributed by atoms with Gasteiger partial charge in [-0.2, -0.15) is 5.26 Å². The van der Waals surface area contributed by atoms with Gasteiger partial charge in [0, 0.05) is 37.3 Å². The molecule has 0 saturated heterocycles. The molecule has 7 heteroatoms. The topological polar surface area (TPSA) is 102 Å². The van der Waals surface area contributed by atoms with Crippen LogP contribution in [0.4, 0.5) is 5.95 Å². The molecule has 120 valence electrons. The minimum atomic E-state index is 0.493. The first-order valence-electron chi connectivity index (χ1n) is 7.57. The van der Waals surface area contributed by atoms with Gasteiger partial charge in [0.15, 0.2) is 0 Å². The lowest BCUT2D eigenvalue weighted by Gasteiger charge is -2.12. The van der Waals surface area contributed by atoms with Crippen LogP contribution in [0, 0.1) is 18.3 Å². The zero-order valence-corrected chi connectivity index (χ0v) is 13.2. The molecule has 0 unspecified atom stereocenters. The Hall–Kier alpha value is -3.40. The summed E-state index contributed by atoms with van der Waals surface area (Å²) in [5.74, 6) is 0.499. The van der Waals surface area contributed by atoms with Gasteiger partial charge in [-0.15, -0.1) is 0 Å². The Morgan fingerprint density at radius 2 is 2.25 bits per heavy atom. The van der Waals surface area contributed by atoms with Gasteiger partial charge >= 0.3 is 0 Å². The lowest BCUT2D eigenvalue weighted by atomic mass is 10.1. The number of anilines is 1. The highest BCUT2D eigenvalue weighted by Gasteiger charge is 2.13. The molecule has 0 saturated carbocycles. The minimum Gasteiger partial charge on any atom is -0.361 e. The Labute approximate surface area is 139 Å². The average Bonchev–Trinajstić information content (AvgIpc) is 3.12. The monoisotopic (exact) mass is 319 g/mol. The third kappa shape index (κ3) is 3.50. The normalized spacial score (nSPS) is 14.8. The summed E-state index contributed by atoms with van der Waals surface area (Å²) in [7, 11) is 0. The SMILES string of the molecule is Cc1cnc(NCCc2cnc[nH]2)nc1/C(C#N)=C1/C=CC=CN1. The van der Waals surface area contributed by atoms with E-state index >= 15 is 0 Å². The molecular weight excluding hydrogens is 302 g/mol. The fourth-order valence-corrected chi connectivity index (χ4v) is 2.30. The maximum Gasteiger partial charge on any atom is 0.223 e. The summed E-state index contributed by atoms with van der Waals surface area (Å²) in [6.07, 6.45) is 13.3. The van der Waals surface area contributed by atoms with Crippen molar-refractivity contribution < 1.29 is 0 Å². The predicted molar refractivity (Wildman–Crippen MR) is 91.5 cm³/mol. The van der Waals surface area contributed by atoms with Crippen molar-refractivity contribution in [2.45, 2.75) is 13.3 Å². The number of rotatable bonds is 5. The Bertz CT molecular complexity index is 838. The highest BCUT2D eigenvalue weighted by molar-refractivity contribution is 5.80. The molecule has 0 aliphatic carbocycles.